The molecule has 1 aliphatic heterocycles. The van der Waals surface area contributed by atoms with Crippen LogP contribution in [0, 0.1) is 0 Å². The molecule has 0 spiro atoms. The second-order valence-electron chi connectivity index (χ2n) is 3.28. The number of oxime groups is 1. The summed E-state index contributed by atoms with van der Waals surface area (Å²) in [6, 6.07) is 0. The first-order chi connectivity index (χ1) is 6.92. The van der Waals surface area contributed by atoms with Crippen molar-refractivity contribution in [3.8, 4) is 0 Å². The molecule has 0 saturated carbocycles. The highest BCUT2D eigenvalue weighted by atomic mass is 32.2. The Morgan fingerprint density at radius 2 is 2.33 bits per heavy atom. The fourth-order valence-corrected chi connectivity index (χ4v) is 2.04. The van der Waals surface area contributed by atoms with E-state index in [1.54, 1.807) is 6.92 Å². The van der Waals surface area contributed by atoms with E-state index in [9.17, 15) is 13.2 Å². The van der Waals surface area contributed by atoms with Crippen LogP contribution in [-0.4, -0.2) is 44.8 Å². The van der Waals surface area contributed by atoms with Gasteiger partial charge in [0, 0.05) is 12.7 Å². The third-order valence-corrected chi connectivity index (χ3v) is 2.71. The number of hydrogen-bond donors (Lipinski definition) is 0. The van der Waals surface area contributed by atoms with Crippen LogP contribution < -0.4 is 0 Å². The minimum atomic E-state index is -3.12. The van der Waals surface area contributed by atoms with Gasteiger partial charge in [0.1, 0.15) is 6.10 Å². The molecule has 1 rings (SSSR count). The predicted molar refractivity (Wildman–Crippen MR) is 53.3 cm³/mol. The highest BCUT2D eigenvalue weighted by molar-refractivity contribution is 7.90. The van der Waals surface area contributed by atoms with Crippen molar-refractivity contribution >= 4 is 21.5 Å². The monoisotopic (exact) mass is 235 g/mol. The van der Waals surface area contributed by atoms with Crippen LogP contribution in [0.4, 0.5) is 0 Å². The van der Waals surface area contributed by atoms with Crippen molar-refractivity contribution in [2.45, 2.75) is 19.4 Å². The second kappa shape index (κ2) is 4.61. The zero-order valence-corrected chi connectivity index (χ0v) is 9.41. The van der Waals surface area contributed by atoms with Gasteiger partial charge in [-0.05, 0) is 6.92 Å². The zero-order valence-electron chi connectivity index (χ0n) is 8.60. The topological polar surface area (TPSA) is 82.0 Å². The minimum absolute atomic E-state index is 0.139. The smallest absolute Gasteiger partial charge is 0.356 e. The number of sulfone groups is 1. The fraction of sp³-hybridized carbons (Fsp3) is 0.750. The molecule has 0 aromatic rings. The van der Waals surface area contributed by atoms with Gasteiger partial charge in [-0.15, -0.1) is 0 Å². The van der Waals surface area contributed by atoms with Crippen molar-refractivity contribution in [1.82, 2.24) is 0 Å². The maximum atomic E-state index is 11.2. The zero-order chi connectivity index (χ0) is 11.5. The summed E-state index contributed by atoms with van der Waals surface area (Å²) in [6.07, 6.45) is 0.726. The van der Waals surface area contributed by atoms with Gasteiger partial charge in [-0.2, -0.15) is 0 Å². The van der Waals surface area contributed by atoms with E-state index in [0.717, 1.165) is 6.26 Å². The standard InChI is InChI=1S/C8H13NO5S/c1-3-13-8(10)7-4-6(14-9-7)5-15(2,11)12/h6H,3-5H2,1-2H3. The molecule has 15 heavy (non-hydrogen) atoms. The maximum absolute atomic E-state index is 11.2. The molecule has 0 N–H and O–H groups in total. The molecule has 1 atom stereocenters. The number of esters is 1. The number of carbonyl (C=O) groups is 1. The Bertz CT molecular complexity index is 372. The van der Waals surface area contributed by atoms with Gasteiger partial charge in [0.05, 0.1) is 12.4 Å². The van der Waals surface area contributed by atoms with E-state index in [2.05, 4.69) is 5.16 Å². The van der Waals surface area contributed by atoms with Crippen molar-refractivity contribution in [2.24, 2.45) is 5.16 Å². The maximum Gasteiger partial charge on any atom is 0.356 e. The van der Waals surface area contributed by atoms with Crippen LogP contribution in [0.2, 0.25) is 0 Å². The van der Waals surface area contributed by atoms with Gasteiger partial charge in [0.25, 0.3) is 0 Å². The fourth-order valence-electron chi connectivity index (χ4n) is 1.19. The Labute approximate surface area is 88.2 Å². The molecule has 1 unspecified atom stereocenters. The van der Waals surface area contributed by atoms with Gasteiger partial charge < -0.3 is 9.57 Å². The number of carbonyl (C=O) groups excluding carboxylic acids is 1. The van der Waals surface area contributed by atoms with Crippen molar-refractivity contribution in [2.75, 3.05) is 18.6 Å². The minimum Gasteiger partial charge on any atom is -0.461 e. The Morgan fingerprint density at radius 1 is 1.67 bits per heavy atom. The first-order valence-corrected chi connectivity index (χ1v) is 6.56. The predicted octanol–water partition coefficient (Wildman–Crippen LogP) is -0.261. The van der Waals surface area contributed by atoms with Crippen LogP contribution in [0.15, 0.2) is 5.16 Å². The summed E-state index contributed by atoms with van der Waals surface area (Å²) in [4.78, 5) is 16.0. The third-order valence-electron chi connectivity index (χ3n) is 1.73. The lowest BCUT2D eigenvalue weighted by atomic mass is 10.2. The van der Waals surface area contributed by atoms with Gasteiger partial charge in [0.2, 0.25) is 0 Å². The summed E-state index contributed by atoms with van der Waals surface area (Å²) in [5.74, 6) is -0.687. The second-order valence-corrected chi connectivity index (χ2v) is 5.47. The van der Waals surface area contributed by atoms with E-state index in [4.69, 9.17) is 9.57 Å². The third kappa shape index (κ3) is 3.86. The first kappa shape index (κ1) is 12.0. The molecule has 0 aliphatic carbocycles. The largest absolute Gasteiger partial charge is 0.461 e. The molecule has 0 saturated heterocycles. The Hall–Kier alpha value is -1.11. The van der Waals surface area contributed by atoms with E-state index in [1.165, 1.54) is 0 Å². The van der Waals surface area contributed by atoms with Gasteiger partial charge >= 0.3 is 5.97 Å². The van der Waals surface area contributed by atoms with E-state index < -0.39 is 21.9 Å². The molecular weight excluding hydrogens is 222 g/mol. The van der Waals surface area contributed by atoms with Gasteiger partial charge in [-0.25, -0.2) is 13.2 Å². The molecule has 6 nitrogen and oxygen atoms in total. The summed E-state index contributed by atoms with van der Waals surface area (Å²) in [5.41, 5.74) is 0.144. The number of ether oxygens (including phenoxy) is 1. The molecule has 86 valence electrons. The van der Waals surface area contributed by atoms with E-state index in [0.29, 0.717) is 0 Å². The van der Waals surface area contributed by atoms with Crippen LogP contribution >= 0.6 is 0 Å². The van der Waals surface area contributed by atoms with Crippen molar-refractivity contribution in [1.29, 1.82) is 0 Å². The average molecular weight is 235 g/mol. The normalized spacial score (nSPS) is 20.7. The van der Waals surface area contributed by atoms with E-state index >= 15 is 0 Å². The molecule has 0 amide bonds. The molecular formula is C8H13NO5S. The Morgan fingerprint density at radius 3 is 2.87 bits per heavy atom. The lowest BCUT2D eigenvalue weighted by Crippen LogP contribution is -2.23. The van der Waals surface area contributed by atoms with Crippen molar-refractivity contribution in [3.63, 3.8) is 0 Å². The molecule has 0 aromatic carbocycles. The van der Waals surface area contributed by atoms with Crippen LogP contribution in [0.25, 0.3) is 0 Å². The highest BCUT2D eigenvalue weighted by Gasteiger charge is 2.29. The molecule has 1 heterocycles. The summed E-state index contributed by atoms with van der Waals surface area (Å²) in [5, 5.41) is 3.50. The molecule has 7 heteroatoms. The number of hydrogen-bond acceptors (Lipinski definition) is 6. The highest BCUT2D eigenvalue weighted by Crippen LogP contribution is 2.13. The molecule has 0 bridgehead atoms. The van der Waals surface area contributed by atoms with E-state index in [-0.39, 0.29) is 24.5 Å². The first-order valence-electron chi connectivity index (χ1n) is 4.50. The Kier molecular flexibility index (Phi) is 3.67. The van der Waals surface area contributed by atoms with E-state index in [1.807, 2.05) is 0 Å². The van der Waals surface area contributed by atoms with Crippen LogP contribution in [0.5, 0.6) is 0 Å². The van der Waals surface area contributed by atoms with Gasteiger partial charge in [-0.3, -0.25) is 0 Å². The van der Waals surface area contributed by atoms with Crippen molar-refractivity contribution in [3.05, 3.63) is 0 Å². The number of nitrogens with zero attached hydrogens (tertiary/aromatic N) is 1. The molecule has 0 fully saturated rings. The molecule has 1 aliphatic rings. The summed E-state index contributed by atoms with van der Waals surface area (Å²) < 4.78 is 26.6. The average Bonchev–Trinajstić information content (AvgIpc) is 2.50. The van der Waals surface area contributed by atoms with Crippen LogP contribution in [-0.2, 0) is 24.2 Å². The SMILES string of the molecule is CCOC(=O)C1=NOC(CS(C)(=O)=O)C1. The van der Waals surface area contributed by atoms with Crippen LogP contribution in [0.3, 0.4) is 0 Å². The summed E-state index contributed by atoms with van der Waals surface area (Å²) in [7, 11) is -3.12. The molecule has 0 radical (unpaired) electrons. The lowest BCUT2D eigenvalue weighted by Gasteiger charge is -2.04. The van der Waals surface area contributed by atoms with Gasteiger partial charge in [0.15, 0.2) is 15.5 Å². The summed E-state index contributed by atoms with van der Waals surface area (Å²) >= 11 is 0. The van der Waals surface area contributed by atoms with Crippen LogP contribution in [0.1, 0.15) is 13.3 Å². The van der Waals surface area contributed by atoms with Crippen molar-refractivity contribution < 1.29 is 22.8 Å². The molecule has 0 aromatic heterocycles. The number of rotatable bonds is 4. The lowest BCUT2D eigenvalue weighted by molar-refractivity contribution is -0.135. The van der Waals surface area contributed by atoms with Gasteiger partial charge in [-0.1, -0.05) is 5.16 Å². The quantitative estimate of drug-likeness (QED) is 0.627. The Balaban J connectivity index is 2.47. The summed E-state index contributed by atoms with van der Waals surface area (Å²) in [6.45, 7) is 1.94.